The van der Waals surface area contributed by atoms with Crippen LogP contribution in [0, 0.1) is 6.92 Å². The van der Waals surface area contributed by atoms with E-state index in [9.17, 15) is 9.59 Å². The summed E-state index contributed by atoms with van der Waals surface area (Å²) in [5.41, 5.74) is 7.11. The van der Waals surface area contributed by atoms with Gasteiger partial charge in [-0.1, -0.05) is 23.7 Å². The lowest BCUT2D eigenvalue weighted by Gasteiger charge is -2.26. The molecule has 1 aromatic carbocycles. The molecule has 1 aliphatic heterocycles. The number of esters is 1. The molecule has 0 amide bonds. The average molecular weight is 421 g/mol. The van der Waals surface area contributed by atoms with Crippen LogP contribution in [-0.2, 0) is 16.0 Å². The van der Waals surface area contributed by atoms with Crippen LogP contribution in [-0.4, -0.2) is 65.9 Å². The minimum atomic E-state index is -0.667. The second kappa shape index (κ2) is 9.87. The molecule has 3 rings (SSSR count). The first-order valence-electron chi connectivity index (χ1n) is 9.55. The Labute approximate surface area is 174 Å². The highest BCUT2D eigenvalue weighted by Crippen LogP contribution is 2.19. The molecule has 0 atom stereocenters. The van der Waals surface area contributed by atoms with Gasteiger partial charge in [-0.3, -0.25) is 9.69 Å². The van der Waals surface area contributed by atoms with Gasteiger partial charge < -0.3 is 15.2 Å². The number of morpholine rings is 1. The van der Waals surface area contributed by atoms with E-state index in [1.807, 2.05) is 0 Å². The van der Waals surface area contributed by atoms with E-state index in [1.54, 1.807) is 35.9 Å². The standard InChI is InChI=1S/C20H25ClN4O4/c1-14-18(20(27)29-13-17(26)15-5-2-3-6-16(15)21)19(22)25(23-14)8-4-7-24-9-11-28-12-10-24/h2-3,5-6H,4,7-13,22H2,1H3. The van der Waals surface area contributed by atoms with Crippen molar-refractivity contribution in [2.45, 2.75) is 19.9 Å². The monoisotopic (exact) mass is 420 g/mol. The summed E-state index contributed by atoms with van der Waals surface area (Å²) in [6.45, 7) is 6.14. The zero-order chi connectivity index (χ0) is 20.8. The predicted octanol–water partition coefficient (Wildman–Crippen LogP) is 2.19. The lowest BCUT2D eigenvalue weighted by Crippen LogP contribution is -2.37. The molecule has 0 saturated carbocycles. The Balaban J connectivity index is 1.56. The van der Waals surface area contributed by atoms with Gasteiger partial charge in [0.15, 0.2) is 6.61 Å². The third-order valence-electron chi connectivity index (χ3n) is 4.83. The summed E-state index contributed by atoms with van der Waals surface area (Å²) in [4.78, 5) is 27.0. The quantitative estimate of drug-likeness (QED) is 0.516. The number of halogens is 1. The number of hydrogen-bond donors (Lipinski definition) is 1. The molecule has 8 nitrogen and oxygen atoms in total. The smallest absolute Gasteiger partial charge is 0.344 e. The van der Waals surface area contributed by atoms with Crippen LogP contribution < -0.4 is 5.73 Å². The Kier molecular flexibility index (Phi) is 7.24. The van der Waals surface area contributed by atoms with Crippen LogP contribution in [0.15, 0.2) is 24.3 Å². The number of ether oxygens (including phenoxy) is 2. The lowest BCUT2D eigenvalue weighted by molar-refractivity contribution is 0.0368. The van der Waals surface area contributed by atoms with E-state index in [2.05, 4.69) is 10.00 Å². The average Bonchev–Trinajstić information content (AvgIpc) is 3.00. The molecule has 29 heavy (non-hydrogen) atoms. The van der Waals surface area contributed by atoms with Gasteiger partial charge in [-0.25, -0.2) is 9.48 Å². The summed E-state index contributed by atoms with van der Waals surface area (Å²) < 4.78 is 12.1. The molecule has 2 N–H and O–H groups in total. The van der Waals surface area contributed by atoms with Gasteiger partial charge in [0.1, 0.15) is 11.4 Å². The van der Waals surface area contributed by atoms with Crippen LogP contribution >= 0.6 is 11.6 Å². The summed E-state index contributed by atoms with van der Waals surface area (Å²) in [5.74, 6) is -0.794. The minimum absolute atomic E-state index is 0.198. The third-order valence-corrected chi connectivity index (χ3v) is 5.16. The number of aromatic nitrogens is 2. The number of nitrogens with two attached hydrogens (primary N) is 1. The van der Waals surface area contributed by atoms with Crippen molar-refractivity contribution < 1.29 is 19.1 Å². The number of nitrogen functional groups attached to an aromatic ring is 1. The Morgan fingerprint density at radius 2 is 1.97 bits per heavy atom. The van der Waals surface area contributed by atoms with Crippen LogP contribution in [0.3, 0.4) is 0 Å². The van der Waals surface area contributed by atoms with Crippen LogP contribution in [0.25, 0.3) is 0 Å². The van der Waals surface area contributed by atoms with E-state index < -0.39 is 12.6 Å². The largest absolute Gasteiger partial charge is 0.454 e. The fourth-order valence-electron chi connectivity index (χ4n) is 3.26. The van der Waals surface area contributed by atoms with Crippen molar-refractivity contribution in [3.63, 3.8) is 0 Å². The zero-order valence-electron chi connectivity index (χ0n) is 16.4. The molecule has 1 fully saturated rings. The summed E-state index contributed by atoms with van der Waals surface area (Å²) in [7, 11) is 0. The van der Waals surface area contributed by atoms with E-state index in [1.165, 1.54) is 0 Å². The maximum atomic E-state index is 12.5. The number of benzene rings is 1. The highest BCUT2D eigenvalue weighted by molar-refractivity contribution is 6.34. The highest BCUT2D eigenvalue weighted by atomic mass is 35.5. The first-order chi connectivity index (χ1) is 14.0. The molecular weight excluding hydrogens is 396 g/mol. The molecule has 9 heteroatoms. The molecule has 2 heterocycles. The van der Waals surface area contributed by atoms with E-state index in [-0.39, 0.29) is 17.2 Å². The Hall–Kier alpha value is -2.42. The van der Waals surface area contributed by atoms with Crippen molar-refractivity contribution in [2.75, 3.05) is 45.2 Å². The van der Waals surface area contributed by atoms with Gasteiger partial charge in [-0.15, -0.1) is 0 Å². The second-order valence-electron chi connectivity index (χ2n) is 6.86. The van der Waals surface area contributed by atoms with Crippen LogP contribution in [0.1, 0.15) is 32.8 Å². The lowest BCUT2D eigenvalue weighted by atomic mass is 10.1. The van der Waals surface area contributed by atoms with E-state index in [4.69, 9.17) is 26.8 Å². The second-order valence-corrected chi connectivity index (χ2v) is 7.26. The van der Waals surface area contributed by atoms with Crippen LogP contribution in [0.2, 0.25) is 5.02 Å². The molecule has 1 aliphatic rings. The van der Waals surface area contributed by atoms with Gasteiger partial charge in [0.05, 0.1) is 23.9 Å². The molecule has 0 aliphatic carbocycles. The number of carbonyl (C=O) groups excluding carboxylic acids is 2. The van der Waals surface area contributed by atoms with Gasteiger partial charge >= 0.3 is 5.97 Å². The van der Waals surface area contributed by atoms with Gasteiger partial charge in [-0.05, 0) is 25.5 Å². The van der Waals surface area contributed by atoms with Gasteiger partial charge in [0.25, 0.3) is 0 Å². The number of hydrogen-bond acceptors (Lipinski definition) is 7. The first kappa shape index (κ1) is 21.3. The van der Waals surface area contributed by atoms with Crippen molar-refractivity contribution in [1.82, 2.24) is 14.7 Å². The van der Waals surface area contributed by atoms with Crippen LogP contribution in [0.5, 0.6) is 0 Å². The highest BCUT2D eigenvalue weighted by Gasteiger charge is 2.22. The normalized spacial score (nSPS) is 14.7. The molecule has 1 saturated heterocycles. The predicted molar refractivity (Wildman–Crippen MR) is 109 cm³/mol. The number of rotatable bonds is 8. The topological polar surface area (TPSA) is 99.7 Å². The summed E-state index contributed by atoms with van der Waals surface area (Å²) in [5, 5.41) is 4.67. The maximum absolute atomic E-state index is 12.5. The Morgan fingerprint density at radius 1 is 1.24 bits per heavy atom. The molecule has 0 bridgehead atoms. The first-order valence-corrected chi connectivity index (χ1v) is 9.93. The molecular formula is C20H25ClN4O4. The van der Waals surface area contributed by atoms with Crippen LogP contribution in [0.4, 0.5) is 5.82 Å². The number of ketones is 1. The molecule has 2 aromatic rings. The van der Waals surface area contributed by atoms with Crippen molar-refractivity contribution in [1.29, 1.82) is 0 Å². The minimum Gasteiger partial charge on any atom is -0.454 e. The number of carbonyl (C=O) groups is 2. The van der Waals surface area contributed by atoms with Crippen molar-refractivity contribution in [3.05, 3.63) is 46.1 Å². The molecule has 1 aromatic heterocycles. The Morgan fingerprint density at radius 3 is 2.69 bits per heavy atom. The molecule has 0 spiro atoms. The van der Waals surface area contributed by atoms with Crippen molar-refractivity contribution in [3.8, 4) is 0 Å². The van der Waals surface area contributed by atoms with Gasteiger partial charge in [0, 0.05) is 31.7 Å². The van der Waals surface area contributed by atoms with Gasteiger partial charge in [-0.2, -0.15) is 5.10 Å². The molecule has 156 valence electrons. The number of nitrogens with zero attached hydrogens (tertiary/aromatic N) is 3. The molecule has 0 radical (unpaired) electrons. The number of Topliss-reactive ketones (excluding diaryl/α,β-unsaturated/α-hetero) is 1. The fourth-order valence-corrected chi connectivity index (χ4v) is 3.50. The summed E-state index contributed by atoms with van der Waals surface area (Å²) >= 11 is 6.00. The summed E-state index contributed by atoms with van der Waals surface area (Å²) in [6, 6.07) is 6.62. The van der Waals surface area contributed by atoms with E-state index in [0.29, 0.717) is 22.8 Å². The van der Waals surface area contributed by atoms with E-state index in [0.717, 1.165) is 39.3 Å². The van der Waals surface area contributed by atoms with Crippen molar-refractivity contribution in [2.24, 2.45) is 0 Å². The number of anilines is 1. The maximum Gasteiger partial charge on any atom is 0.344 e. The SMILES string of the molecule is Cc1nn(CCCN2CCOCC2)c(N)c1C(=O)OCC(=O)c1ccccc1Cl. The van der Waals surface area contributed by atoms with E-state index >= 15 is 0 Å². The fraction of sp³-hybridized carbons (Fsp3) is 0.450. The molecule has 0 unspecified atom stereocenters. The zero-order valence-corrected chi connectivity index (χ0v) is 17.2. The summed E-state index contributed by atoms with van der Waals surface area (Å²) in [6.07, 6.45) is 0.852. The van der Waals surface area contributed by atoms with Crippen molar-refractivity contribution >= 4 is 29.2 Å². The number of aryl methyl sites for hydroxylation is 2. The Bertz CT molecular complexity index is 877. The van der Waals surface area contributed by atoms with Gasteiger partial charge in [0.2, 0.25) is 5.78 Å². The third kappa shape index (κ3) is 5.35.